The average molecular weight is 372 g/mol. The van der Waals surface area contributed by atoms with Crippen LogP contribution in [0.2, 0.25) is 0 Å². The zero-order valence-corrected chi connectivity index (χ0v) is 16.1. The predicted molar refractivity (Wildman–Crippen MR) is 107 cm³/mol. The molecule has 1 aliphatic heterocycles. The molecule has 0 aromatic carbocycles. The van der Waals surface area contributed by atoms with Crippen LogP contribution in [0.15, 0.2) is 24.7 Å². The van der Waals surface area contributed by atoms with Crippen LogP contribution in [0.25, 0.3) is 0 Å². The maximum Gasteiger partial charge on any atom is 0.214 e. The van der Waals surface area contributed by atoms with Gasteiger partial charge in [-0.25, -0.2) is 15.0 Å². The van der Waals surface area contributed by atoms with Crippen LogP contribution in [0.3, 0.4) is 0 Å². The first-order chi connectivity index (χ1) is 12.8. The number of nitrogens with two attached hydrogens (primary N) is 1. The van der Waals surface area contributed by atoms with Crippen molar-refractivity contribution in [2.75, 3.05) is 23.7 Å². The molecule has 2 atom stereocenters. The van der Waals surface area contributed by atoms with Crippen molar-refractivity contribution in [1.82, 2.24) is 15.0 Å². The summed E-state index contributed by atoms with van der Waals surface area (Å²) in [5, 5.41) is 8.58. The SMILES string of the molecule is CC(C)Oc1cc(C(=N)c2cc(N3C[C@@H](C)O[C@@H](C)C3)ncn2)c(N)cn1.[HH]. The van der Waals surface area contributed by atoms with E-state index in [4.69, 9.17) is 20.6 Å². The first kappa shape index (κ1) is 19.0. The van der Waals surface area contributed by atoms with Crippen molar-refractivity contribution >= 4 is 17.2 Å². The number of nitrogen functional groups attached to an aromatic ring is 1. The van der Waals surface area contributed by atoms with Gasteiger partial charge in [-0.3, -0.25) is 5.41 Å². The number of nitrogens with zero attached hydrogens (tertiary/aromatic N) is 4. The largest absolute Gasteiger partial charge is 0.475 e. The van der Waals surface area contributed by atoms with Gasteiger partial charge < -0.3 is 20.1 Å². The summed E-state index contributed by atoms with van der Waals surface area (Å²) in [6.45, 7) is 9.42. The summed E-state index contributed by atoms with van der Waals surface area (Å²) in [5.41, 5.74) is 7.70. The van der Waals surface area contributed by atoms with Crippen LogP contribution >= 0.6 is 0 Å². The van der Waals surface area contributed by atoms with Crippen molar-refractivity contribution in [3.05, 3.63) is 35.9 Å². The molecule has 0 aliphatic carbocycles. The molecule has 8 heteroatoms. The van der Waals surface area contributed by atoms with Gasteiger partial charge in [0, 0.05) is 32.2 Å². The highest BCUT2D eigenvalue weighted by Crippen LogP contribution is 2.23. The highest BCUT2D eigenvalue weighted by molar-refractivity contribution is 6.13. The monoisotopic (exact) mass is 372 g/mol. The summed E-state index contributed by atoms with van der Waals surface area (Å²) in [5.74, 6) is 1.21. The smallest absolute Gasteiger partial charge is 0.214 e. The molecule has 2 aromatic heterocycles. The zero-order valence-electron chi connectivity index (χ0n) is 16.1. The molecule has 0 saturated carbocycles. The van der Waals surface area contributed by atoms with Crippen molar-refractivity contribution in [3.63, 3.8) is 0 Å². The lowest BCUT2D eigenvalue weighted by molar-refractivity contribution is -0.00546. The van der Waals surface area contributed by atoms with Gasteiger partial charge in [-0.05, 0) is 27.7 Å². The first-order valence-corrected chi connectivity index (χ1v) is 9.07. The van der Waals surface area contributed by atoms with Crippen LogP contribution < -0.4 is 15.4 Å². The Labute approximate surface area is 160 Å². The number of nitrogens with one attached hydrogen (secondary N) is 1. The van der Waals surface area contributed by atoms with Crippen LogP contribution in [-0.4, -0.2) is 52.1 Å². The second-order valence-electron chi connectivity index (χ2n) is 7.08. The van der Waals surface area contributed by atoms with E-state index in [1.54, 1.807) is 6.07 Å². The molecule has 0 radical (unpaired) electrons. The minimum atomic E-state index is -0.0147. The third kappa shape index (κ3) is 4.51. The average Bonchev–Trinajstić information content (AvgIpc) is 2.61. The molecule has 3 rings (SSSR count). The molecule has 2 aromatic rings. The van der Waals surface area contributed by atoms with Gasteiger partial charge in [0.2, 0.25) is 5.88 Å². The van der Waals surface area contributed by atoms with Gasteiger partial charge in [-0.15, -0.1) is 0 Å². The van der Waals surface area contributed by atoms with Crippen molar-refractivity contribution in [2.45, 2.75) is 46.0 Å². The lowest BCUT2D eigenvalue weighted by Gasteiger charge is -2.36. The fourth-order valence-corrected chi connectivity index (χ4v) is 3.13. The van der Waals surface area contributed by atoms with Gasteiger partial charge in [0.25, 0.3) is 0 Å². The van der Waals surface area contributed by atoms with E-state index < -0.39 is 0 Å². The second kappa shape index (κ2) is 7.87. The van der Waals surface area contributed by atoms with E-state index in [0.29, 0.717) is 22.8 Å². The van der Waals surface area contributed by atoms with Crippen LogP contribution in [0.1, 0.15) is 40.4 Å². The molecule has 3 heterocycles. The quantitative estimate of drug-likeness (QED) is 0.776. The lowest BCUT2D eigenvalue weighted by Crippen LogP contribution is -2.45. The second-order valence-corrected chi connectivity index (χ2v) is 7.08. The van der Waals surface area contributed by atoms with Crippen molar-refractivity contribution in [3.8, 4) is 5.88 Å². The van der Waals surface area contributed by atoms with Crippen LogP contribution in [0.5, 0.6) is 5.88 Å². The van der Waals surface area contributed by atoms with Crippen molar-refractivity contribution in [1.29, 1.82) is 5.41 Å². The summed E-state index contributed by atoms with van der Waals surface area (Å²) < 4.78 is 11.4. The van der Waals surface area contributed by atoms with E-state index in [1.165, 1.54) is 12.5 Å². The third-order valence-corrected chi connectivity index (χ3v) is 4.19. The van der Waals surface area contributed by atoms with Crippen LogP contribution in [-0.2, 0) is 4.74 Å². The summed E-state index contributed by atoms with van der Waals surface area (Å²) in [6, 6.07) is 3.49. The zero-order chi connectivity index (χ0) is 19.6. The maximum absolute atomic E-state index is 8.58. The minimum absolute atomic E-state index is 0. The molecule has 8 nitrogen and oxygen atoms in total. The highest BCUT2D eigenvalue weighted by atomic mass is 16.5. The van der Waals surface area contributed by atoms with E-state index >= 15 is 0 Å². The van der Waals surface area contributed by atoms with Crippen molar-refractivity contribution < 1.29 is 10.9 Å². The van der Waals surface area contributed by atoms with Gasteiger partial charge in [0.05, 0.1) is 41.6 Å². The molecule has 0 unspecified atom stereocenters. The minimum Gasteiger partial charge on any atom is -0.475 e. The van der Waals surface area contributed by atoms with Crippen LogP contribution in [0.4, 0.5) is 11.5 Å². The number of ether oxygens (including phenoxy) is 2. The standard InChI is InChI=1S/C19H26N6O2.H2/c1-11(2)26-18-5-14(15(20)7-22-18)19(21)16-6-17(24-10-23-16)25-8-12(3)27-13(4)9-25;/h5-7,10-13,21H,8-9,20H2,1-4H3;1H/t12-,13+;. The normalized spacial score (nSPS) is 20.0. The Balaban J connectivity index is 0.00000280. The number of hydrogen-bond acceptors (Lipinski definition) is 8. The predicted octanol–water partition coefficient (Wildman–Crippen LogP) is 2.52. The number of hydrogen-bond donors (Lipinski definition) is 2. The molecule has 0 spiro atoms. The Bertz CT molecular complexity index is 822. The summed E-state index contributed by atoms with van der Waals surface area (Å²) in [6.07, 6.45) is 3.22. The van der Waals surface area contributed by atoms with Crippen LogP contribution in [0, 0.1) is 5.41 Å². The Hall–Kier alpha value is -2.74. The number of aromatic nitrogens is 3. The Morgan fingerprint density at radius 3 is 2.63 bits per heavy atom. The molecule has 1 aliphatic rings. The van der Waals surface area contributed by atoms with E-state index in [1.807, 2.05) is 33.8 Å². The molecule has 27 heavy (non-hydrogen) atoms. The number of rotatable bonds is 5. The third-order valence-electron chi connectivity index (χ3n) is 4.19. The molecule has 1 fully saturated rings. The van der Waals surface area contributed by atoms with Gasteiger partial charge in [-0.1, -0.05) is 0 Å². The molecule has 146 valence electrons. The van der Waals surface area contributed by atoms with Crippen molar-refractivity contribution in [2.24, 2.45) is 0 Å². The number of pyridine rings is 1. The number of morpholine rings is 1. The van der Waals surface area contributed by atoms with E-state index in [2.05, 4.69) is 19.9 Å². The summed E-state index contributed by atoms with van der Waals surface area (Å²) >= 11 is 0. The Kier molecular flexibility index (Phi) is 5.55. The molecular weight excluding hydrogens is 344 g/mol. The fraction of sp³-hybridized carbons (Fsp3) is 0.474. The van der Waals surface area contributed by atoms with E-state index in [0.717, 1.165) is 18.9 Å². The fourth-order valence-electron chi connectivity index (χ4n) is 3.13. The van der Waals surface area contributed by atoms with Gasteiger partial charge in [-0.2, -0.15) is 0 Å². The van der Waals surface area contributed by atoms with Gasteiger partial charge in [0.15, 0.2) is 0 Å². The molecule has 1 saturated heterocycles. The topological polar surface area (TPSA) is 110 Å². The Morgan fingerprint density at radius 1 is 1.26 bits per heavy atom. The molecule has 3 N–H and O–H groups in total. The first-order valence-electron chi connectivity index (χ1n) is 9.07. The van der Waals surface area contributed by atoms with Gasteiger partial charge in [0.1, 0.15) is 12.1 Å². The van der Waals surface area contributed by atoms with Gasteiger partial charge >= 0.3 is 0 Å². The highest BCUT2D eigenvalue weighted by Gasteiger charge is 2.24. The molecule has 0 bridgehead atoms. The molecule has 0 amide bonds. The summed E-state index contributed by atoms with van der Waals surface area (Å²) in [4.78, 5) is 15.0. The lowest BCUT2D eigenvalue weighted by atomic mass is 10.1. The van der Waals surface area contributed by atoms with E-state index in [-0.39, 0.29) is 25.5 Å². The number of anilines is 2. The molecular formula is C19H28N6O2. The maximum atomic E-state index is 8.58. The summed E-state index contributed by atoms with van der Waals surface area (Å²) in [7, 11) is 0. The van der Waals surface area contributed by atoms with E-state index in [9.17, 15) is 0 Å². The Morgan fingerprint density at radius 2 is 1.96 bits per heavy atom.